The number of nitriles is 3. The number of nitrogens with zero attached hydrogens (tertiary/aromatic N) is 3. The normalized spacial score (nSPS) is 22.5. The summed E-state index contributed by atoms with van der Waals surface area (Å²) in [5.74, 6) is 0.640. The number of allylic oxidation sites excluding steroid dienone is 4. The Labute approximate surface area is 219 Å². The average Bonchev–Trinajstić information content (AvgIpc) is 2.91. The van der Waals surface area contributed by atoms with Crippen LogP contribution < -0.4 is 15.2 Å². The summed E-state index contributed by atoms with van der Waals surface area (Å²) < 4.78 is 11.7. The molecule has 6 nitrogen and oxygen atoms in total. The van der Waals surface area contributed by atoms with E-state index in [2.05, 4.69) is 45.1 Å². The van der Waals surface area contributed by atoms with Crippen LogP contribution in [0.5, 0.6) is 11.5 Å². The van der Waals surface area contributed by atoms with Crippen LogP contribution in [0.1, 0.15) is 50.7 Å². The lowest BCUT2D eigenvalue weighted by Gasteiger charge is -2.47. The number of hydrogen-bond donors (Lipinski definition) is 1. The molecule has 0 amide bonds. The smallest absolute Gasteiger partial charge is 0.191 e. The number of hydrogen-bond acceptors (Lipinski definition) is 6. The van der Waals surface area contributed by atoms with Crippen LogP contribution in [0.25, 0.3) is 0 Å². The molecule has 2 aromatic rings. The van der Waals surface area contributed by atoms with Gasteiger partial charge in [-0.05, 0) is 58.9 Å². The summed E-state index contributed by atoms with van der Waals surface area (Å²) in [5.41, 5.74) is 7.76. The summed E-state index contributed by atoms with van der Waals surface area (Å²) in [4.78, 5) is 0. The van der Waals surface area contributed by atoms with E-state index in [9.17, 15) is 15.8 Å². The Morgan fingerprint density at radius 3 is 2.32 bits per heavy atom. The molecule has 0 bridgehead atoms. The van der Waals surface area contributed by atoms with Gasteiger partial charge in [-0.1, -0.05) is 63.2 Å². The van der Waals surface area contributed by atoms with Crippen molar-refractivity contribution in [3.05, 3.63) is 82.6 Å². The fourth-order valence-corrected chi connectivity index (χ4v) is 5.71. The molecule has 0 heterocycles. The number of benzene rings is 2. The Balaban J connectivity index is 1.82. The Morgan fingerprint density at radius 2 is 1.73 bits per heavy atom. The summed E-state index contributed by atoms with van der Waals surface area (Å²) in [6.07, 6.45) is 3.66. The van der Waals surface area contributed by atoms with E-state index in [1.165, 1.54) is 0 Å². The highest BCUT2D eigenvalue weighted by Gasteiger charge is 2.55. The predicted octanol–water partition coefficient (Wildman–Crippen LogP) is 6.14. The van der Waals surface area contributed by atoms with E-state index in [-0.39, 0.29) is 22.6 Å². The summed E-state index contributed by atoms with van der Waals surface area (Å²) in [7, 11) is 1.57. The van der Waals surface area contributed by atoms with Crippen LogP contribution in [0.4, 0.5) is 0 Å². The zero-order valence-corrected chi connectivity index (χ0v) is 21.8. The van der Waals surface area contributed by atoms with Gasteiger partial charge >= 0.3 is 0 Å². The first-order chi connectivity index (χ1) is 17.7. The van der Waals surface area contributed by atoms with E-state index in [1.54, 1.807) is 7.11 Å². The topological polar surface area (TPSA) is 116 Å². The lowest BCUT2D eigenvalue weighted by Crippen LogP contribution is -2.44. The van der Waals surface area contributed by atoms with Gasteiger partial charge in [-0.15, -0.1) is 0 Å². The van der Waals surface area contributed by atoms with Gasteiger partial charge in [0.2, 0.25) is 0 Å². The van der Waals surface area contributed by atoms with Crippen LogP contribution in [0.15, 0.2) is 71.5 Å². The van der Waals surface area contributed by atoms with Crippen LogP contribution in [0.2, 0.25) is 0 Å². The van der Waals surface area contributed by atoms with Crippen molar-refractivity contribution < 1.29 is 9.47 Å². The zero-order chi connectivity index (χ0) is 26.8. The third-order valence-corrected chi connectivity index (χ3v) is 7.89. The molecule has 3 atom stereocenters. The van der Waals surface area contributed by atoms with Crippen LogP contribution in [0.3, 0.4) is 0 Å². The zero-order valence-electron chi connectivity index (χ0n) is 21.8. The molecule has 4 rings (SSSR count). The Kier molecular flexibility index (Phi) is 7.02. The maximum absolute atomic E-state index is 10.4. The second-order valence-electron chi connectivity index (χ2n) is 10.9. The second-order valence-corrected chi connectivity index (χ2v) is 10.9. The van der Waals surface area contributed by atoms with Gasteiger partial charge in [-0.3, -0.25) is 0 Å². The van der Waals surface area contributed by atoms with E-state index in [4.69, 9.17) is 15.2 Å². The molecule has 2 aliphatic rings. The molecule has 6 heteroatoms. The first-order valence-corrected chi connectivity index (χ1v) is 12.5. The van der Waals surface area contributed by atoms with Gasteiger partial charge in [-0.2, -0.15) is 15.8 Å². The molecule has 37 heavy (non-hydrogen) atoms. The predicted molar refractivity (Wildman–Crippen MR) is 141 cm³/mol. The SMILES string of the molecule is COc1cc([C@H]2[C@@H]3C[C@@H](C(C)(C)C)CC=C3C(C#N)=C(N)C2(C#N)C#N)ccc1OCc1ccccc1. The lowest BCUT2D eigenvalue weighted by molar-refractivity contribution is 0.170. The Morgan fingerprint density at radius 1 is 1.03 bits per heavy atom. The summed E-state index contributed by atoms with van der Waals surface area (Å²) in [5, 5.41) is 30.8. The molecule has 0 radical (unpaired) electrons. The molecule has 0 aliphatic heterocycles. The minimum Gasteiger partial charge on any atom is -0.493 e. The van der Waals surface area contributed by atoms with E-state index >= 15 is 0 Å². The van der Waals surface area contributed by atoms with Crippen molar-refractivity contribution in [3.8, 4) is 29.7 Å². The maximum atomic E-state index is 10.4. The minimum atomic E-state index is -1.68. The van der Waals surface area contributed by atoms with Crippen LogP contribution in [-0.2, 0) is 6.61 Å². The highest BCUT2D eigenvalue weighted by Crippen LogP contribution is 2.58. The van der Waals surface area contributed by atoms with Crippen molar-refractivity contribution >= 4 is 0 Å². The number of fused-ring (bicyclic) bond motifs is 1. The largest absolute Gasteiger partial charge is 0.493 e. The fraction of sp³-hybridized carbons (Fsp3) is 0.387. The Hall–Kier alpha value is -4.21. The first kappa shape index (κ1) is 25.9. The lowest BCUT2D eigenvalue weighted by atomic mass is 9.54. The number of nitrogens with two attached hydrogens (primary N) is 1. The quantitative estimate of drug-likeness (QED) is 0.536. The molecule has 0 saturated heterocycles. The van der Waals surface area contributed by atoms with Gasteiger partial charge in [-0.25, -0.2) is 0 Å². The molecule has 2 aliphatic carbocycles. The highest BCUT2D eigenvalue weighted by molar-refractivity contribution is 5.60. The van der Waals surface area contributed by atoms with E-state index in [0.717, 1.165) is 29.5 Å². The van der Waals surface area contributed by atoms with Crippen molar-refractivity contribution in [2.75, 3.05) is 7.11 Å². The van der Waals surface area contributed by atoms with Crippen LogP contribution in [0, 0.1) is 56.7 Å². The monoisotopic (exact) mass is 492 g/mol. The molecule has 2 aromatic carbocycles. The molecular weight excluding hydrogens is 460 g/mol. The molecule has 0 unspecified atom stereocenters. The third kappa shape index (κ3) is 4.54. The maximum Gasteiger partial charge on any atom is 0.191 e. The van der Waals surface area contributed by atoms with Crippen molar-refractivity contribution in [2.45, 2.75) is 46.1 Å². The minimum absolute atomic E-state index is 0.0286. The standard InChI is InChI=1S/C31H32N4O2/c1-30(2,3)22-11-12-23-24(15-22)28(31(18-33,19-34)29(35)25(23)16-32)21-10-13-26(27(14-21)36-4)37-17-20-8-6-5-7-9-20/h5-10,12-14,22,24,28H,11,15,17,35H2,1-4H3/t22-,24+,28-/m0/s1. The summed E-state index contributed by atoms with van der Waals surface area (Å²) in [6, 6.07) is 22.0. The number of ether oxygens (including phenoxy) is 2. The fourth-order valence-electron chi connectivity index (χ4n) is 5.71. The number of methoxy groups -OCH3 is 1. The third-order valence-electron chi connectivity index (χ3n) is 7.89. The summed E-state index contributed by atoms with van der Waals surface area (Å²) in [6.45, 7) is 6.98. The molecule has 0 aromatic heterocycles. The van der Waals surface area contributed by atoms with Crippen molar-refractivity contribution in [3.63, 3.8) is 0 Å². The molecule has 0 saturated carbocycles. The van der Waals surface area contributed by atoms with Gasteiger partial charge in [0.05, 0.1) is 30.5 Å². The van der Waals surface area contributed by atoms with Gasteiger partial charge in [0, 0.05) is 5.92 Å². The van der Waals surface area contributed by atoms with Gasteiger partial charge in [0.1, 0.15) is 12.7 Å². The molecule has 188 valence electrons. The van der Waals surface area contributed by atoms with Crippen molar-refractivity contribution in [2.24, 2.45) is 28.4 Å². The van der Waals surface area contributed by atoms with E-state index in [1.807, 2.05) is 48.5 Å². The first-order valence-electron chi connectivity index (χ1n) is 12.5. The highest BCUT2D eigenvalue weighted by atomic mass is 16.5. The molecular formula is C31H32N4O2. The average molecular weight is 493 g/mol. The van der Waals surface area contributed by atoms with Crippen molar-refractivity contribution in [1.29, 1.82) is 15.8 Å². The van der Waals surface area contributed by atoms with Gasteiger partial charge in [0.25, 0.3) is 0 Å². The summed E-state index contributed by atoms with van der Waals surface area (Å²) >= 11 is 0. The molecule has 0 fully saturated rings. The van der Waals surface area contributed by atoms with Crippen LogP contribution in [-0.4, -0.2) is 7.11 Å². The number of rotatable bonds is 5. The Bertz CT molecular complexity index is 1350. The van der Waals surface area contributed by atoms with Gasteiger partial charge < -0.3 is 15.2 Å². The van der Waals surface area contributed by atoms with E-state index < -0.39 is 11.3 Å². The van der Waals surface area contributed by atoms with Crippen LogP contribution >= 0.6 is 0 Å². The van der Waals surface area contributed by atoms with E-state index in [0.29, 0.717) is 24.0 Å². The molecule has 0 spiro atoms. The molecule has 2 N–H and O–H groups in total. The van der Waals surface area contributed by atoms with Gasteiger partial charge in [0.15, 0.2) is 16.9 Å². The van der Waals surface area contributed by atoms with Crippen molar-refractivity contribution in [1.82, 2.24) is 0 Å². The second kappa shape index (κ2) is 10.0.